The van der Waals surface area contributed by atoms with Crippen LogP contribution in [0.5, 0.6) is 0 Å². The summed E-state index contributed by atoms with van der Waals surface area (Å²) < 4.78 is 0. The average Bonchev–Trinajstić information content (AvgIpc) is 2.79. The minimum absolute atomic E-state index is 0.574. The SMILES string of the molecule is c1ccc(C(Nc2ccnnn2)=C(Nc2ccnnn2)c2ccccc2)cc1. The van der Waals surface area contributed by atoms with Crippen LogP contribution in [0.25, 0.3) is 11.4 Å². The fraction of sp³-hybridized carbons (Fsp3) is 0. The summed E-state index contributed by atoms with van der Waals surface area (Å²) in [7, 11) is 0. The molecule has 0 saturated heterocycles. The van der Waals surface area contributed by atoms with E-state index >= 15 is 0 Å². The lowest BCUT2D eigenvalue weighted by Crippen LogP contribution is -2.11. The highest BCUT2D eigenvalue weighted by Crippen LogP contribution is 2.28. The number of rotatable bonds is 6. The monoisotopic (exact) mass is 368 g/mol. The van der Waals surface area contributed by atoms with Crippen molar-refractivity contribution < 1.29 is 0 Å². The van der Waals surface area contributed by atoms with Gasteiger partial charge in [0.05, 0.1) is 23.8 Å². The molecule has 4 rings (SSSR count). The zero-order valence-electron chi connectivity index (χ0n) is 14.8. The number of benzene rings is 2. The lowest BCUT2D eigenvalue weighted by atomic mass is 10.0. The number of hydrogen-bond acceptors (Lipinski definition) is 8. The fourth-order valence-electron chi connectivity index (χ4n) is 2.64. The van der Waals surface area contributed by atoms with Crippen LogP contribution in [-0.4, -0.2) is 30.8 Å². The van der Waals surface area contributed by atoms with Gasteiger partial charge in [-0.2, -0.15) is 0 Å². The molecule has 8 nitrogen and oxygen atoms in total. The molecule has 0 aliphatic rings. The van der Waals surface area contributed by atoms with Crippen LogP contribution in [0.2, 0.25) is 0 Å². The van der Waals surface area contributed by atoms with E-state index in [0.29, 0.717) is 11.6 Å². The Bertz CT molecular complexity index is 952. The fourth-order valence-corrected chi connectivity index (χ4v) is 2.64. The van der Waals surface area contributed by atoms with Crippen LogP contribution < -0.4 is 10.6 Å². The van der Waals surface area contributed by atoms with Gasteiger partial charge in [-0.25, -0.2) is 0 Å². The number of hydrogen-bond donors (Lipinski definition) is 2. The lowest BCUT2D eigenvalue weighted by Gasteiger charge is -2.18. The van der Waals surface area contributed by atoms with Crippen LogP contribution in [0.1, 0.15) is 11.1 Å². The second kappa shape index (κ2) is 8.45. The van der Waals surface area contributed by atoms with Crippen molar-refractivity contribution in [1.29, 1.82) is 0 Å². The van der Waals surface area contributed by atoms with Crippen molar-refractivity contribution in [1.82, 2.24) is 30.8 Å². The minimum atomic E-state index is 0.574. The van der Waals surface area contributed by atoms with Crippen molar-refractivity contribution in [2.24, 2.45) is 0 Å². The van der Waals surface area contributed by atoms with Gasteiger partial charge in [-0.3, -0.25) is 0 Å². The van der Waals surface area contributed by atoms with E-state index in [9.17, 15) is 0 Å². The normalized spacial score (nSPS) is 11.4. The number of aromatic nitrogens is 6. The van der Waals surface area contributed by atoms with E-state index in [1.54, 1.807) is 24.5 Å². The molecule has 0 aliphatic carbocycles. The summed E-state index contributed by atoms with van der Waals surface area (Å²) in [6, 6.07) is 23.4. The van der Waals surface area contributed by atoms with Crippen LogP contribution in [0.4, 0.5) is 11.6 Å². The maximum Gasteiger partial charge on any atom is 0.156 e. The van der Waals surface area contributed by atoms with Gasteiger partial charge in [-0.15, -0.1) is 20.4 Å². The molecule has 4 aromatic rings. The van der Waals surface area contributed by atoms with E-state index in [0.717, 1.165) is 22.5 Å². The highest BCUT2D eigenvalue weighted by molar-refractivity contribution is 5.99. The summed E-state index contributed by atoms with van der Waals surface area (Å²) in [6.45, 7) is 0. The molecule has 0 aliphatic heterocycles. The summed E-state index contributed by atoms with van der Waals surface area (Å²) in [6.07, 6.45) is 3.17. The van der Waals surface area contributed by atoms with Crippen LogP contribution in [-0.2, 0) is 0 Å². The van der Waals surface area contributed by atoms with Gasteiger partial charge in [0.2, 0.25) is 0 Å². The summed E-state index contributed by atoms with van der Waals surface area (Å²) in [5.74, 6) is 1.15. The molecule has 8 heteroatoms. The predicted molar refractivity (Wildman–Crippen MR) is 107 cm³/mol. The maximum absolute atomic E-state index is 4.06. The van der Waals surface area contributed by atoms with Gasteiger partial charge >= 0.3 is 0 Å². The molecule has 0 spiro atoms. The topological polar surface area (TPSA) is 101 Å². The van der Waals surface area contributed by atoms with Crippen molar-refractivity contribution >= 4 is 23.0 Å². The highest BCUT2D eigenvalue weighted by Gasteiger charge is 2.14. The Kier molecular flexibility index (Phi) is 5.20. The third kappa shape index (κ3) is 4.13. The van der Waals surface area contributed by atoms with Crippen molar-refractivity contribution in [2.75, 3.05) is 10.6 Å². The Morgan fingerprint density at radius 2 is 0.964 bits per heavy atom. The molecule has 2 heterocycles. The summed E-state index contributed by atoms with van der Waals surface area (Å²) >= 11 is 0. The lowest BCUT2D eigenvalue weighted by molar-refractivity contribution is 0.870. The zero-order chi connectivity index (χ0) is 19.0. The molecule has 0 amide bonds. The number of nitrogens with one attached hydrogen (secondary N) is 2. The predicted octanol–water partition coefficient (Wildman–Crippen LogP) is 3.11. The molecule has 0 radical (unpaired) electrons. The molecule has 0 atom stereocenters. The Labute approximate surface area is 161 Å². The molecule has 2 aromatic carbocycles. The second-order valence-corrected chi connectivity index (χ2v) is 5.74. The van der Waals surface area contributed by atoms with E-state index in [-0.39, 0.29) is 0 Å². The molecule has 0 bridgehead atoms. The molecule has 2 aromatic heterocycles. The first-order valence-corrected chi connectivity index (χ1v) is 8.58. The summed E-state index contributed by atoms with van der Waals surface area (Å²) in [4.78, 5) is 0. The first-order valence-electron chi connectivity index (χ1n) is 8.58. The third-order valence-electron chi connectivity index (χ3n) is 3.89. The maximum atomic E-state index is 4.06. The van der Waals surface area contributed by atoms with Gasteiger partial charge in [0, 0.05) is 23.3 Å². The van der Waals surface area contributed by atoms with E-state index in [1.165, 1.54) is 0 Å². The largest absolute Gasteiger partial charge is 0.336 e. The first kappa shape index (κ1) is 17.2. The van der Waals surface area contributed by atoms with Crippen molar-refractivity contribution in [3.05, 3.63) is 96.3 Å². The van der Waals surface area contributed by atoms with Crippen molar-refractivity contribution in [3.8, 4) is 0 Å². The molecular formula is C20H16N8. The Hall–Kier alpha value is -4.20. The Morgan fingerprint density at radius 1 is 0.536 bits per heavy atom. The van der Waals surface area contributed by atoms with Gasteiger partial charge in [-0.1, -0.05) is 60.7 Å². The van der Waals surface area contributed by atoms with Gasteiger partial charge in [0.15, 0.2) is 11.6 Å². The van der Waals surface area contributed by atoms with Gasteiger partial charge < -0.3 is 10.6 Å². The summed E-state index contributed by atoms with van der Waals surface area (Å²) in [5, 5.41) is 29.7. The highest BCUT2D eigenvalue weighted by atomic mass is 15.3. The van der Waals surface area contributed by atoms with Gasteiger partial charge in [0.25, 0.3) is 0 Å². The molecule has 2 N–H and O–H groups in total. The summed E-state index contributed by atoms with van der Waals surface area (Å²) in [5.41, 5.74) is 3.56. The molecule has 0 saturated carbocycles. The molecule has 0 unspecified atom stereocenters. The Balaban J connectivity index is 1.88. The van der Waals surface area contributed by atoms with Crippen LogP contribution >= 0.6 is 0 Å². The number of anilines is 2. The van der Waals surface area contributed by atoms with Crippen molar-refractivity contribution in [3.63, 3.8) is 0 Å². The Morgan fingerprint density at radius 3 is 1.32 bits per heavy atom. The van der Waals surface area contributed by atoms with Gasteiger partial charge in [0.1, 0.15) is 0 Å². The molecular weight excluding hydrogens is 352 g/mol. The molecule has 136 valence electrons. The van der Waals surface area contributed by atoms with E-state index < -0.39 is 0 Å². The van der Waals surface area contributed by atoms with E-state index in [1.807, 2.05) is 60.7 Å². The smallest absolute Gasteiger partial charge is 0.156 e. The van der Waals surface area contributed by atoms with Crippen LogP contribution in [0.15, 0.2) is 85.2 Å². The molecule has 0 fully saturated rings. The third-order valence-corrected chi connectivity index (χ3v) is 3.89. The standard InChI is InChI=1S/C20H16N8/c1-3-7-15(8-4-1)19(23-17-11-13-21-27-25-17)20(16-9-5-2-6-10-16)24-18-12-14-22-28-26-18/h1-14H,(H,21,23,25)(H,22,24,26). The van der Waals surface area contributed by atoms with E-state index in [4.69, 9.17) is 0 Å². The van der Waals surface area contributed by atoms with Crippen molar-refractivity contribution in [2.45, 2.75) is 0 Å². The quantitative estimate of drug-likeness (QED) is 0.501. The van der Waals surface area contributed by atoms with Crippen LogP contribution in [0, 0.1) is 0 Å². The average molecular weight is 368 g/mol. The van der Waals surface area contributed by atoms with Crippen LogP contribution in [0.3, 0.4) is 0 Å². The zero-order valence-corrected chi connectivity index (χ0v) is 14.8. The second-order valence-electron chi connectivity index (χ2n) is 5.74. The number of nitrogens with zero attached hydrogens (tertiary/aromatic N) is 6. The molecule has 28 heavy (non-hydrogen) atoms. The minimum Gasteiger partial charge on any atom is -0.336 e. The first-order chi connectivity index (χ1) is 13.9. The van der Waals surface area contributed by atoms with E-state index in [2.05, 4.69) is 41.5 Å². The van der Waals surface area contributed by atoms with Gasteiger partial charge in [-0.05, 0) is 10.4 Å².